The molecule has 1 rings (SSSR count). The molecule has 22 heavy (non-hydrogen) atoms. The van der Waals surface area contributed by atoms with Crippen molar-refractivity contribution in [2.45, 2.75) is 51.2 Å². The van der Waals surface area contributed by atoms with Crippen LogP contribution in [0.2, 0.25) is 0 Å². The maximum atomic E-state index is 12.3. The lowest BCUT2D eigenvalue weighted by Gasteiger charge is -2.27. The summed E-state index contributed by atoms with van der Waals surface area (Å²) in [4.78, 5) is 36.6. The summed E-state index contributed by atoms with van der Waals surface area (Å²) >= 11 is 0. The molecule has 0 saturated carbocycles. The average molecular weight is 315 g/mol. The van der Waals surface area contributed by atoms with Crippen LogP contribution in [0.15, 0.2) is 0 Å². The molecule has 0 unspecified atom stereocenters. The van der Waals surface area contributed by atoms with Gasteiger partial charge in [0, 0.05) is 6.54 Å². The first-order chi connectivity index (χ1) is 10.3. The zero-order valence-corrected chi connectivity index (χ0v) is 13.0. The number of carbonyl (C=O) groups excluding carboxylic acids is 2. The SMILES string of the molecule is CC(C)C[C@H](N)C(=O)N[C@@H](CO)C(=O)N1CCC[C@H]1C(=O)O. The van der Waals surface area contributed by atoms with Crippen molar-refractivity contribution in [1.82, 2.24) is 10.2 Å². The van der Waals surface area contributed by atoms with Gasteiger partial charge < -0.3 is 26.2 Å². The van der Waals surface area contributed by atoms with E-state index < -0.39 is 42.5 Å². The van der Waals surface area contributed by atoms with Crippen LogP contribution in [0.1, 0.15) is 33.1 Å². The van der Waals surface area contributed by atoms with E-state index in [1.54, 1.807) is 0 Å². The fourth-order valence-electron chi connectivity index (χ4n) is 2.57. The highest BCUT2D eigenvalue weighted by Gasteiger charge is 2.37. The highest BCUT2D eigenvalue weighted by molar-refractivity contribution is 5.92. The Labute approximate surface area is 129 Å². The number of aliphatic hydroxyl groups is 1. The number of aliphatic hydroxyl groups excluding tert-OH is 1. The van der Waals surface area contributed by atoms with Gasteiger partial charge in [-0.15, -0.1) is 0 Å². The zero-order chi connectivity index (χ0) is 16.9. The third-order valence-electron chi connectivity index (χ3n) is 3.68. The molecule has 0 aliphatic carbocycles. The number of hydrogen-bond acceptors (Lipinski definition) is 5. The van der Waals surface area contributed by atoms with Gasteiger partial charge in [-0.2, -0.15) is 0 Å². The van der Waals surface area contributed by atoms with Gasteiger partial charge in [-0.1, -0.05) is 13.8 Å². The number of likely N-dealkylation sites (tertiary alicyclic amines) is 1. The van der Waals surface area contributed by atoms with Crippen molar-refractivity contribution in [2.75, 3.05) is 13.2 Å². The van der Waals surface area contributed by atoms with Gasteiger partial charge in [-0.3, -0.25) is 9.59 Å². The number of nitrogens with zero attached hydrogens (tertiary/aromatic N) is 1. The number of rotatable bonds is 7. The standard InChI is InChI=1S/C14H25N3O5/c1-8(2)6-9(15)12(19)16-10(7-18)13(20)17-5-3-4-11(17)14(21)22/h8-11,18H,3-7,15H2,1-2H3,(H,16,19)(H,21,22)/t9-,10-,11-/m0/s1. The van der Waals surface area contributed by atoms with E-state index in [4.69, 9.17) is 10.8 Å². The molecule has 0 aromatic carbocycles. The Morgan fingerprint density at radius 2 is 2.00 bits per heavy atom. The van der Waals surface area contributed by atoms with Crippen LogP contribution in [0.25, 0.3) is 0 Å². The van der Waals surface area contributed by atoms with Crippen LogP contribution in [-0.2, 0) is 14.4 Å². The van der Waals surface area contributed by atoms with E-state index in [1.807, 2.05) is 13.8 Å². The normalized spacial score (nSPS) is 20.8. The molecule has 1 fully saturated rings. The maximum Gasteiger partial charge on any atom is 0.326 e. The second-order valence-corrected chi connectivity index (χ2v) is 6.01. The van der Waals surface area contributed by atoms with Crippen molar-refractivity contribution in [3.8, 4) is 0 Å². The van der Waals surface area contributed by atoms with Gasteiger partial charge in [0.1, 0.15) is 12.1 Å². The number of carboxylic acid groups (broad SMARTS) is 1. The first kappa shape index (κ1) is 18.4. The van der Waals surface area contributed by atoms with Crippen LogP contribution >= 0.6 is 0 Å². The van der Waals surface area contributed by atoms with Crippen molar-refractivity contribution < 1.29 is 24.6 Å². The molecule has 0 spiro atoms. The van der Waals surface area contributed by atoms with Crippen molar-refractivity contribution in [3.63, 3.8) is 0 Å². The van der Waals surface area contributed by atoms with E-state index in [9.17, 15) is 19.5 Å². The Kier molecular flexibility index (Phi) is 6.76. The molecule has 0 aromatic heterocycles. The number of carbonyl (C=O) groups is 3. The summed E-state index contributed by atoms with van der Waals surface area (Å²) in [5.41, 5.74) is 5.74. The summed E-state index contributed by atoms with van der Waals surface area (Å²) in [6, 6.07) is -2.83. The molecule has 0 radical (unpaired) electrons. The highest BCUT2D eigenvalue weighted by Crippen LogP contribution is 2.18. The van der Waals surface area contributed by atoms with Crippen molar-refractivity contribution in [2.24, 2.45) is 11.7 Å². The monoisotopic (exact) mass is 315 g/mol. The van der Waals surface area contributed by atoms with Crippen molar-refractivity contribution >= 4 is 17.8 Å². The molecule has 1 heterocycles. The Hall–Kier alpha value is -1.67. The minimum atomic E-state index is -1.16. The van der Waals surface area contributed by atoms with Gasteiger partial charge in [-0.25, -0.2) is 4.79 Å². The maximum absolute atomic E-state index is 12.3. The topological polar surface area (TPSA) is 133 Å². The summed E-state index contributed by atoms with van der Waals surface area (Å²) in [5, 5.41) is 20.8. The Morgan fingerprint density at radius 1 is 1.36 bits per heavy atom. The van der Waals surface area contributed by atoms with E-state index in [0.717, 1.165) is 0 Å². The van der Waals surface area contributed by atoms with Crippen molar-refractivity contribution in [3.05, 3.63) is 0 Å². The molecule has 1 aliphatic rings. The average Bonchev–Trinajstić information content (AvgIpc) is 2.92. The predicted octanol–water partition coefficient (Wildman–Crippen LogP) is -1.09. The van der Waals surface area contributed by atoms with Gasteiger partial charge >= 0.3 is 5.97 Å². The molecule has 8 nitrogen and oxygen atoms in total. The lowest BCUT2D eigenvalue weighted by atomic mass is 10.0. The fraction of sp³-hybridized carbons (Fsp3) is 0.786. The van der Waals surface area contributed by atoms with Crippen LogP contribution < -0.4 is 11.1 Å². The molecule has 3 atom stereocenters. The van der Waals surface area contributed by atoms with E-state index >= 15 is 0 Å². The van der Waals surface area contributed by atoms with Crippen LogP contribution in [-0.4, -0.2) is 64.2 Å². The van der Waals surface area contributed by atoms with Gasteiger partial charge in [0.05, 0.1) is 12.6 Å². The molecule has 1 aliphatic heterocycles. The number of hydrogen-bond donors (Lipinski definition) is 4. The summed E-state index contributed by atoms with van der Waals surface area (Å²) in [7, 11) is 0. The number of aliphatic carboxylic acids is 1. The highest BCUT2D eigenvalue weighted by atomic mass is 16.4. The number of carboxylic acids is 1. The molecule has 0 bridgehead atoms. The van der Waals surface area contributed by atoms with Gasteiger partial charge in [0.25, 0.3) is 0 Å². The second kappa shape index (κ2) is 8.09. The molecular formula is C14H25N3O5. The smallest absolute Gasteiger partial charge is 0.326 e. The predicted molar refractivity (Wildman–Crippen MR) is 78.8 cm³/mol. The molecule has 8 heteroatoms. The van der Waals surface area contributed by atoms with Crippen LogP contribution in [0.3, 0.4) is 0 Å². The second-order valence-electron chi connectivity index (χ2n) is 6.01. The third kappa shape index (κ3) is 4.67. The molecule has 126 valence electrons. The fourth-order valence-corrected chi connectivity index (χ4v) is 2.57. The minimum absolute atomic E-state index is 0.221. The summed E-state index contributed by atoms with van der Waals surface area (Å²) < 4.78 is 0. The quantitative estimate of drug-likeness (QED) is 0.472. The van der Waals surface area contributed by atoms with Crippen LogP contribution in [0.4, 0.5) is 0 Å². The van der Waals surface area contributed by atoms with Gasteiger partial charge in [-0.05, 0) is 25.2 Å². The zero-order valence-electron chi connectivity index (χ0n) is 13.0. The summed E-state index contributed by atoms with van der Waals surface area (Å²) in [6.07, 6.45) is 1.42. The number of nitrogens with one attached hydrogen (secondary N) is 1. The summed E-state index contributed by atoms with van der Waals surface area (Å²) in [6.45, 7) is 3.55. The Morgan fingerprint density at radius 3 is 2.50 bits per heavy atom. The third-order valence-corrected chi connectivity index (χ3v) is 3.68. The van der Waals surface area contributed by atoms with Gasteiger partial charge in [0.15, 0.2) is 0 Å². The van der Waals surface area contributed by atoms with Crippen molar-refractivity contribution in [1.29, 1.82) is 0 Å². The molecule has 0 aromatic rings. The molecular weight excluding hydrogens is 290 g/mol. The first-order valence-electron chi connectivity index (χ1n) is 7.48. The van der Waals surface area contributed by atoms with E-state index in [-0.39, 0.29) is 5.92 Å². The van der Waals surface area contributed by atoms with Crippen LogP contribution in [0, 0.1) is 5.92 Å². The Bertz CT molecular complexity index is 427. The van der Waals surface area contributed by atoms with E-state index in [2.05, 4.69) is 5.32 Å². The summed E-state index contributed by atoms with van der Waals surface area (Å²) in [5.74, 6) is -1.96. The number of nitrogens with two attached hydrogens (primary N) is 1. The lowest BCUT2D eigenvalue weighted by molar-refractivity contribution is -0.149. The first-order valence-corrected chi connectivity index (χ1v) is 7.48. The lowest BCUT2D eigenvalue weighted by Crippen LogP contribution is -2.56. The minimum Gasteiger partial charge on any atom is -0.480 e. The van der Waals surface area contributed by atoms with Crippen LogP contribution in [0.5, 0.6) is 0 Å². The number of amides is 2. The van der Waals surface area contributed by atoms with Gasteiger partial charge in [0.2, 0.25) is 11.8 Å². The largest absolute Gasteiger partial charge is 0.480 e. The molecule has 5 N–H and O–H groups in total. The van der Waals surface area contributed by atoms with E-state index in [0.29, 0.717) is 25.8 Å². The molecule has 2 amide bonds. The van der Waals surface area contributed by atoms with E-state index in [1.165, 1.54) is 4.90 Å². The molecule has 1 saturated heterocycles. The Balaban J connectivity index is 2.68.